The summed E-state index contributed by atoms with van der Waals surface area (Å²) >= 11 is 0. The Labute approximate surface area is 57.7 Å². The summed E-state index contributed by atoms with van der Waals surface area (Å²) in [6.07, 6.45) is -1.01. The number of aliphatic hydroxyl groups excluding tert-OH is 2. The highest BCUT2D eigenvalue weighted by atomic mass is 16.6. The molecule has 0 spiro atoms. The topological polar surface area (TPSA) is 66.8 Å². The Morgan fingerprint density at radius 3 is 2.80 bits per heavy atom. The van der Waals surface area contributed by atoms with Crippen molar-refractivity contribution in [2.45, 2.75) is 19.1 Å². The Morgan fingerprint density at radius 2 is 2.30 bits per heavy atom. The summed E-state index contributed by atoms with van der Waals surface area (Å²) in [6.45, 7) is 1.47. The standard InChI is InChI=1S/C6H8O4/c1-3-6(9)4(7)2-5(8)10-3/h2-4,7-8H,1H3. The molecular weight excluding hydrogens is 136 g/mol. The van der Waals surface area contributed by atoms with Crippen LogP contribution in [0.5, 0.6) is 0 Å². The number of hydrogen-bond donors (Lipinski definition) is 2. The number of ether oxygens (including phenoxy) is 1. The van der Waals surface area contributed by atoms with Crippen LogP contribution < -0.4 is 0 Å². The van der Waals surface area contributed by atoms with Crippen molar-refractivity contribution in [3.8, 4) is 0 Å². The maximum absolute atomic E-state index is 10.7. The van der Waals surface area contributed by atoms with Crippen molar-refractivity contribution in [2.24, 2.45) is 0 Å². The molecule has 0 aromatic rings. The first-order valence-corrected chi connectivity index (χ1v) is 2.90. The van der Waals surface area contributed by atoms with E-state index in [1.54, 1.807) is 0 Å². The third-order valence-corrected chi connectivity index (χ3v) is 1.29. The van der Waals surface area contributed by atoms with Gasteiger partial charge in [0.1, 0.15) is 6.10 Å². The molecule has 0 amide bonds. The molecule has 1 aliphatic rings. The monoisotopic (exact) mass is 144 g/mol. The van der Waals surface area contributed by atoms with Crippen LogP contribution in [0.1, 0.15) is 6.92 Å². The van der Waals surface area contributed by atoms with Crippen LogP contribution in [0.25, 0.3) is 0 Å². The van der Waals surface area contributed by atoms with Gasteiger partial charge in [0.05, 0.1) is 0 Å². The van der Waals surface area contributed by atoms with E-state index in [-0.39, 0.29) is 5.95 Å². The van der Waals surface area contributed by atoms with Crippen molar-refractivity contribution in [3.05, 3.63) is 12.0 Å². The van der Waals surface area contributed by atoms with E-state index in [0.717, 1.165) is 6.08 Å². The molecule has 1 aliphatic heterocycles. The average molecular weight is 144 g/mol. The Kier molecular flexibility index (Phi) is 1.63. The van der Waals surface area contributed by atoms with Gasteiger partial charge in [0.15, 0.2) is 6.10 Å². The van der Waals surface area contributed by atoms with Crippen molar-refractivity contribution >= 4 is 5.78 Å². The van der Waals surface area contributed by atoms with Crippen molar-refractivity contribution < 1.29 is 19.7 Å². The molecule has 0 saturated heterocycles. The summed E-state index contributed by atoms with van der Waals surface area (Å²) in [5, 5.41) is 17.5. The van der Waals surface area contributed by atoms with Crippen LogP contribution >= 0.6 is 0 Å². The lowest BCUT2D eigenvalue weighted by molar-refractivity contribution is -0.139. The van der Waals surface area contributed by atoms with Crippen LogP contribution in [0.4, 0.5) is 0 Å². The summed E-state index contributed by atoms with van der Waals surface area (Å²) in [4.78, 5) is 10.7. The van der Waals surface area contributed by atoms with E-state index in [1.807, 2.05) is 0 Å². The zero-order chi connectivity index (χ0) is 7.72. The molecule has 0 aliphatic carbocycles. The predicted octanol–water partition coefficient (Wildman–Crippen LogP) is -0.266. The smallest absolute Gasteiger partial charge is 0.276 e. The number of ketones is 1. The molecule has 1 heterocycles. The molecule has 10 heavy (non-hydrogen) atoms. The zero-order valence-electron chi connectivity index (χ0n) is 5.44. The largest absolute Gasteiger partial charge is 0.481 e. The van der Waals surface area contributed by atoms with Crippen molar-refractivity contribution in [1.82, 2.24) is 0 Å². The Morgan fingerprint density at radius 1 is 1.70 bits per heavy atom. The van der Waals surface area contributed by atoms with Crippen LogP contribution in [-0.2, 0) is 9.53 Å². The summed E-state index contributed by atoms with van der Waals surface area (Å²) in [6, 6.07) is 0. The SMILES string of the molecule is CC1OC(O)=CC(O)C1=O. The number of rotatable bonds is 0. The Hall–Kier alpha value is -1.03. The fourth-order valence-corrected chi connectivity index (χ4v) is 0.736. The van der Waals surface area contributed by atoms with Gasteiger partial charge in [-0.1, -0.05) is 0 Å². The first-order valence-electron chi connectivity index (χ1n) is 2.90. The minimum Gasteiger partial charge on any atom is -0.481 e. The molecule has 0 fully saturated rings. The lowest BCUT2D eigenvalue weighted by Crippen LogP contribution is -2.34. The second kappa shape index (κ2) is 2.30. The van der Waals surface area contributed by atoms with E-state index in [1.165, 1.54) is 6.92 Å². The Bertz CT molecular complexity index is 184. The van der Waals surface area contributed by atoms with Crippen LogP contribution in [-0.4, -0.2) is 28.2 Å². The number of aliphatic hydroxyl groups is 2. The van der Waals surface area contributed by atoms with E-state index in [4.69, 9.17) is 10.2 Å². The molecule has 0 bridgehead atoms. The molecule has 2 atom stereocenters. The first kappa shape index (κ1) is 7.08. The maximum atomic E-state index is 10.7. The van der Waals surface area contributed by atoms with Crippen LogP contribution in [0, 0.1) is 0 Å². The van der Waals surface area contributed by atoms with E-state index in [9.17, 15) is 4.79 Å². The second-order valence-corrected chi connectivity index (χ2v) is 2.11. The van der Waals surface area contributed by atoms with Crippen molar-refractivity contribution in [1.29, 1.82) is 0 Å². The number of Topliss-reactive ketones (excluding diaryl/α,β-unsaturated/α-hetero) is 1. The zero-order valence-corrected chi connectivity index (χ0v) is 5.44. The average Bonchev–Trinajstić information content (AvgIpc) is 1.82. The second-order valence-electron chi connectivity index (χ2n) is 2.11. The molecule has 0 saturated carbocycles. The predicted molar refractivity (Wildman–Crippen MR) is 32.3 cm³/mol. The van der Waals surface area contributed by atoms with Crippen LogP contribution in [0.3, 0.4) is 0 Å². The minimum atomic E-state index is -1.22. The molecule has 2 unspecified atom stereocenters. The molecule has 4 heteroatoms. The molecule has 0 aromatic carbocycles. The molecule has 0 aromatic heterocycles. The van der Waals surface area contributed by atoms with Crippen molar-refractivity contribution in [2.75, 3.05) is 0 Å². The van der Waals surface area contributed by atoms with Crippen molar-refractivity contribution in [3.63, 3.8) is 0 Å². The summed E-state index contributed by atoms with van der Waals surface area (Å²) in [5.74, 6) is -0.822. The molecule has 56 valence electrons. The number of carbonyl (C=O) groups is 1. The van der Waals surface area contributed by atoms with E-state index in [0.29, 0.717) is 0 Å². The summed E-state index contributed by atoms with van der Waals surface area (Å²) in [5.41, 5.74) is 0. The van der Waals surface area contributed by atoms with Gasteiger partial charge in [-0.05, 0) is 6.92 Å². The quantitative estimate of drug-likeness (QED) is 0.491. The summed E-state index contributed by atoms with van der Waals surface area (Å²) in [7, 11) is 0. The molecular formula is C6H8O4. The van der Waals surface area contributed by atoms with Gasteiger partial charge in [0.25, 0.3) is 5.95 Å². The van der Waals surface area contributed by atoms with Crippen LogP contribution in [0.15, 0.2) is 12.0 Å². The maximum Gasteiger partial charge on any atom is 0.276 e. The molecule has 4 nitrogen and oxygen atoms in total. The molecule has 0 radical (unpaired) electrons. The fraction of sp³-hybridized carbons (Fsp3) is 0.500. The van der Waals surface area contributed by atoms with Gasteiger partial charge in [0, 0.05) is 6.08 Å². The highest BCUT2D eigenvalue weighted by Crippen LogP contribution is 2.11. The van der Waals surface area contributed by atoms with Gasteiger partial charge < -0.3 is 14.9 Å². The highest BCUT2D eigenvalue weighted by molar-refractivity contribution is 5.89. The van der Waals surface area contributed by atoms with Gasteiger partial charge in [-0.25, -0.2) is 0 Å². The van der Waals surface area contributed by atoms with E-state index in [2.05, 4.69) is 4.74 Å². The van der Waals surface area contributed by atoms with Crippen LogP contribution in [0.2, 0.25) is 0 Å². The van der Waals surface area contributed by atoms with E-state index >= 15 is 0 Å². The minimum absolute atomic E-state index is 0.389. The normalized spacial score (nSPS) is 33.0. The van der Waals surface area contributed by atoms with Gasteiger partial charge >= 0.3 is 0 Å². The Balaban J connectivity index is 2.79. The number of carbonyl (C=O) groups excluding carboxylic acids is 1. The lowest BCUT2D eigenvalue weighted by Gasteiger charge is -2.19. The highest BCUT2D eigenvalue weighted by Gasteiger charge is 2.27. The third-order valence-electron chi connectivity index (χ3n) is 1.29. The fourth-order valence-electron chi connectivity index (χ4n) is 0.736. The van der Waals surface area contributed by atoms with Gasteiger partial charge in [-0.2, -0.15) is 0 Å². The lowest BCUT2D eigenvalue weighted by atomic mass is 10.1. The van der Waals surface area contributed by atoms with E-state index < -0.39 is 18.0 Å². The van der Waals surface area contributed by atoms with Gasteiger partial charge in [-0.15, -0.1) is 0 Å². The first-order chi connectivity index (χ1) is 4.61. The molecule has 1 rings (SSSR count). The van der Waals surface area contributed by atoms with Gasteiger partial charge in [-0.3, -0.25) is 4.79 Å². The summed E-state index contributed by atoms with van der Waals surface area (Å²) < 4.78 is 4.58. The number of hydrogen-bond acceptors (Lipinski definition) is 4. The third kappa shape index (κ3) is 1.11. The van der Waals surface area contributed by atoms with Gasteiger partial charge in [0.2, 0.25) is 5.78 Å². The molecule has 2 N–H and O–H groups in total.